The Morgan fingerprint density at radius 1 is 0.682 bits per heavy atom. The lowest BCUT2D eigenvalue weighted by atomic mass is 10.0. The minimum absolute atomic E-state index is 0.386. The van der Waals surface area contributed by atoms with Crippen molar-refractivity contribution in [2.45, 2.75) is 12.1 Å². The average molecular weight is 306 g/mol. The van der Waals surface area contributed by atoms with Crippen LogP contribution < -0.4 is 11.5 Å². The van der Waals surface area contributed by atoms with Crippen molar-refractivity contribution < 1.29 is 28.8 Å². The molecule has 2 rings (SSSR count). The van der Waals surface area contributed by atoms with Gasteiger partial charge in [0.2, 0.25) is 11.8 Å². The highest BCUT2D eigenvalue weighted by Crippen LogP contribution is 2.19. The standard InChI is InChI=1S/C12H10N4O6/c13-11(21)9(15-5(17)1-2-6(15)18)10(12(14)22)16-7(19)3-4-8(16)20/h1-4,9-10H,(H2,13,21)(H2,14,22). The molecule has 2 atom stereocenters. The Bertz CT molecular complexity index is 585. The number of hydrogen-bond donors (Lipinski definition) is 2. The van der Waals surface area contributed by atoms with Gasteiger partial charge in [-0.15, -0.1) is 0 Å². The molecule has 22 heavy (non-hydrogen) atoms. The van der Waals surface area contributed by atoms with Gasteiger partial charge in [0.1, 0.15) is 12.1 Å². The first-order valence-electron chi connectivity index (χ1n) is 5.94. The van der Waals surface area contributed by atoms with Crippen LogP contribution in [-0.2, 0) is 28.8 Å². The highest BCUT2D eigenvalue weighted by molar-refractivity contribution is 6.18. The molecule has 0 aromatic heterocycles. The number of imide groups is 2. The predicted molar refractivity (Wildman–Crippen MR) is 68.0 cm³/mol. The van der Waals surface area contributed by atoms with Gasteiger partial charge in [-0.2, -0.15) is 0 Å². The topological polar surface area (TPSA) is 161 Å². The van der Waals surface area contributed by atoms with Crippen LogP contribution in [0.1, 0.15) is 0 Å². The first-order chi connectivity index (χ1) is 10.3. The Kier molecular flexibility index (Phi) is 3.59. The number of nitrogens with zero attached hydrogens (tertiary/aromatic N) is 2. The van der Waals surface area contributed by atoms with Gasteiger partial charge in [0.05, 0.1) is 0 Å². The molecule has 0 aromatic carbocycles. The zero-order valence-electron chi connectivity index (χ0n) is 11.0. The third-order valence-electron chi connectivity index (χ3n) is 3.13. The number of rotatable bonds is 5. The van der Waals surface area contributed by atoms with Crippen LogP contribution in [0, 0.1) is 0 Å². The van der Waals surface area contributed by atoms with Crippen LogP contribution in [0.3, 0.4) is 0 Å². The first kappa shape index (κ1) is 15.1. The summed E-state index contributed by atoms with van der Waals surface area (Å²) >= 11 is 0. The molecule has 0 saturated heterocycles. The van der Waals surface area contributed by atoms with E-state index in [0.717, 1.165) is 24.3 Å². The van der Waals surface area contributed by atoms with Crippen molar-refractivity contribution in [3.8, 4) is 0 Å². The van der Waals surface area contributed by atoms with Crippen molar-refractivity contribution in [2.75, 3.05) is 0 Å². The fourth-order valence-corrected chi connectivity index (χ4v) is 2.22. The zero-order valence-corrected chi connectivity index (χ0v) is 11.0. The Hall–Kier alpha value is -3.30. The van der Waals surface area contributed by atoms with Crippen LogP contribution in [0.15, 0.2) is 24.3 Å². The molecule has 2 heterocycles. The van der Waals surface area contributed by atoms with Gasteiger partial charge in [0, 0.05) is 24.3 Å². The van der Waals surface area contributed by atoms with Crippen LogP contribution in [0.5, 0.6) is 0 Å². The van der Waals surface area contributed by atoms with Crippen LogP contribution in [0.25, 0.3) is 0 Å². The molecule has 0 fully saturated rings. The van der Waals surface area contributed by atoms with Crippen molar-refractivity contribution in [2.24, 2.45) is 11.5 Å². The molecule has 0 aliphatic carbocycles. The third kappa shape index (κ3) is 2.26. The lowest BCUT2D eigenvalue weighted by molar-refractivity contribution is -0.155. The largest absolute Gasteiger partial charge is 0.368 e. The Balaban J connectivity index is 2.48. The number of amides is 6. The quantitative estimate of drug-likeness (QED) is 0.502. The summed E-state index contributed by atoms with van der Waals surface area (Å²) in [5, 5.41) is 0. The second kappa shape index (κ2) is 5.24. The van der Waals surface area contributed by atoms with Crippen molar-refractivity contribution in [3.05, 3.63) is 24.3 Å². The van der Waals surface area contributed by atoms with E-state index < -0.39 is 47.5 Å². The van der Waals surface area contributed by atoms with Gasteiger partial charge in [-0.25, -0.2) is 0 Å². The van der Waals surface area contributed by atoms with Gasteiger partial charge in [0.15, 0.2) is 0 Å². The fraction of sp³-hybridized carbons (Fsp3) is 0.167. The Morgan fingerprint density at radius 3 is 1.09 bits per heavy atom. The molecule has 10 heteroatoms. The van der Waals surface area contributed by atoms with E-state index in [0.29, 0.717) is 9.80 Å². The van der Waals surface area contributed by atoms with Gasteiger partial charge in [0.25, 0.3) is 23.6 Å². The summed E-state index contributed by atoms with van der Waals surface area (Å²) in [6, 6.07) is -3.78. The third-order valence-corrected chi connectivity index (χ3v) is 3.13. The molecule has 2 aliphatic rings. The number of carbonyl (C=O) groups excluding carboxylic acids is 6. The van der Waals surface area contributed by atoms with E-state index in [4.69, 9.17) is 11.5 Å². The smallest absolute Gasteiger partial charge is 0.254 e. The maximum absolute atomic E-state index is 11.7. The van der Waals surface area contributed by atoms with Crippen molar-refractivity contribution in [1.29, 1.82) is 0 Å². The summed E-state index contributed by atoms with van der Waals surface area (Å²) in [6.07, 6.45) is 3.45. The minimum atomic E-state index is -1.89. The van der Waals surface area contributed by atoms with Gasteiger partial charge in [-0.3, -0.25) is 38.6 Å². The van der Waals surface area contributed by atoms with Crippen molar-refractivity contribution in [3.63, 3.8) is 0 Å². The molecular weight excluding hydrogens is 296 g/mol. The average Bonchev–Trinajstić information content (AvgIpc) is 2.91. The number of primary amides is 2. The Labute approximate surface area is 123 Å². The van der Waals surface area contributed by atoms with E-state index >= 15 is 0 Å². The normalized spacial score (nSPS) is 20.0. The summed E-state index contributed by atoms with van der Waals surface area (Å²) < 4.78 is 0. The van der Waals surface area contributed by atoms with Crippen molar-refractivity contribution in [1.82, 2.24) is 9.80 Å². The SMILES string of the molecule is NC(=O)C(C(C(N)=O)N1C(=O)C=CC1=O)N1C(=O)C=CC1=O. The lowest BCUT2D eigenvalue weighted by Gasteiger charge is -2.33. The molecule has 10 nitrogen and oxygen atoms in total. The predicted octanol–water partition coefficient (Wildman–Crippen LogP) is -3.46. The molecule has 4 N–H and O–H groups in total. The summed E-state index contributed by atoms with van der Waals surface area (Å²) in [5.74, 6) is -6.16. The minimum Gasteiger partial charge on any atom is -0.368 e. The highest BCUT2D eigenvalue weighted by atomic mass is 16.2. The molecule has 0 spiro atoms. The summed E-state index contributed by atoms with van der Waals surface area (Å²) in [5.41, 5.74) is 10.3. The van der Waals surface area contributed by atoms with E-state index in [-0.39, 0.29) is 0 Å². The fourth-order valence-electron chi connectivity index (χ4n) is 2.22. The second-order valence-electron chi connectivity index (χ2n) is 4.45. The van der Waals surface area contributed by atoms with Crippen LogP contribution in [0.4, 0.5) is 0 Å². The van der Waals surface area contributed by atoms with E-state index in [1.54, 1.807) is 0 Å². The molecular formula is C12H10N4O6. The molecule has 2 aliphatic heterocycles. The maximum Gasteiger partial charge on any atom is 0.254 e. The zero-order chi connectivity index (χ0) is 16.6. The van der Waals surface area contributed by atoms with Crippen LogP contribution in [0.2, 0.25) is 0 Å². The van der Waals surface area contributed by atoms with E-state index in [9.17, 15) is 28.8 Å². The van der Waals surface area contributed by atoms with Gasteiger partial charge in [-0.05, 0) is 0 Å². The summed E-state index contributed by atoms with van der Waals surface area (Å²) in [7, 11) is 0. The van der Waals surface area contributed by atoms with Gasteiger partial charge >= 0.3 is 0 Å². The molecule has 2 unspecified atom stereocenters. The summed E-state index contributed by atoms with van der Waals surface area (Å²) in [6.45, 7) is 0. The number of carbonyl (C=O) groups is 6. The molecule has 0 saturated carbocycles. The van der Waals surface area contributed by atoms with Gasteiger partial charge < -0.3 is 11.5 Å². The second-order valence-corrected chi connectivity index (χ2v) is 4.45. The molecule has 0 aromatic rings. The van der Waals surface area contributed by atoms with E-state index in [2.05, 4.69) is 0 Å². The van der Waals surface area contributed by atoms with E-state index in [1.165, 1.54) is 0 Å². The highest BCUT2D eigenvalue weighted by Gasteiger charge is 2.48. The van der Waals surface area contributed by atoms with Crippen LogP contribution in [-0.4, -0.2) is 57.3 Å². The first-order valence-corrected chi connectivity index (χ1v) is 5.94. The maximum atomic E-state index is 11.7. The number of hydrogen-bond acceptors (Lipinski definition) is 6. The lowest BCUT2D eigenvalue weighted by Crippen LogP contribution is -2.64. The molecule has 0 radical (unpaired) electrons. The number of nitrogens with two attached hydrogens (primary N) is 2. The Morgan fingerprint density at radius 2 is 0.909 bits per heavy atom. The molecule has 114 valence electrons. The monoisotopic (exact) mass is 306 g/mol. The van der Waals surface area contributed by atoms with Crippen LogP contribution >= 0.6 is 0 Å². The van der Waals surface area contributed by atoms with Crippen molar-refractivity contribution >= 4 is 35.4 Å². The van der Waals surface area contributed by atoms with Gasteiger partial charge in [-0.1, -0.05) is 0 Å². The van der Waals surface area contributed by atoms with E-state index in [1.807, 2.05) is 0 Å². The molecule has 0 bridgehead atoms. The summed E-state index contributed by atoms with van der Waals surface area (Å²) in [4.78, 5) is 70.9. The molecule has 6 amide bonds.